The van der Waals surface area contributed by atoms with Crippen molar-refractivity contribution >= 4 is 17.1 Å². The summed E-state index contributed by atoms with van der Waals surface area (Å²) < 4.78 is 0. The molecule has 2 N–H and O–H groups in total. The maximum Gasteiger partial charge on any atom is 0.124 e. The molecule has 0 unspecified atom stereocenters. The Morgan fingerprint density at radius 2 is 1.95 bits per heavy atom. The van der Waals surface area contributed by atoms with E-state index in [9.17, 15) is 5.11 Å². The van der Waals surface area contributed by atoms with Crippen LogP contribution in [0.2, 0.25) is 0 Å². The van der Waals surface area contributed by atoms with E-state index in [1.165, 1.54) is 0 Å². The first-order chi connectivity index (χ1) is 9.72. The molecule has 2 aromatic rings. The van der Waals surface area contributed by atoms with Crippen LogP contribution in [0.1, 0.15) is 16.7 Å². The smallest absolute Gasteiger partial charge is 0.124 e. The number of phenolic OH excluding ortho intramolecular Hbond substituents is 1. The summed E-state index contributed by atoms with van der Waals surface area (Å²) >= 11 is 5.43. The van der Waals surface area contributed by atoms with Crippen LogP contribution in [-0.2, 0) is 11.3 Å². The molecule has 0 spiro atoms. The van der Waals surface area contributed by atoms with Crippen LogP contribution in [0.5, 0.6) is 5.75 Å². The zero-order valence-electron chi connectivity index (χ0n) is 11.3. The number of rotatable bonds is 6. The lowest BCUT2D eigenvalue weighted by atomic mass is 10.0. The largest absolute Gasteiger partial charge is 0.507 e. The summed E-state index contributed by atoms with van der Waals surface area (Å²) in [4.78, 5) is 5.44. The van der Waals surface area contributed by atoms with Crippen LogP contribution in [0, 0.1) is 0 Å². The number of nitrogens with one attached hydrogen (secondary N) is 1. The van der Waals surface area contributed by atoms with Gasteiger partial charge in [-0.2, -0.15) is 0 Å². The summed E-state index contributed by atoms with van der Waals surface area (Å²) in [5.74, 6) is 0.216. The van der Waals surface area contributed by atoms with Crippen LogP contribution in [-0.4, -0.2) is 23.6 Å². The van der Waals surface area contributed by atoms with Crippen LogP contribution in [0.4, 0.5) is 0 Å². The molecule has 0 heterocycles. The van der Waals surface area contributed by atoms with Gasteiger partial charge in [0.1, 0.15) is 5.75 Å². The van der Waals surface area contributed by atoms with E-state index in [0.29, 0.717) is 17.0 Å². The lowest BCUT2D eigenvalue weighted by molar-refractivity contribution is 0.0928. The lowest BCUT2D eigenvalue weighted by Crippen LogP contribution is -2.15. The zero-order chi connectivity index (χ0) is 14.4. The van der Waals surface area contributed by atoms with E-state index < -0.39 is 0 Å². The minimum absolute atomic E-state index is 0.216. The van der Waals surface area contributed by atoms with E-state index in [1.54, 1.807) is 13.2 Å². The van der Waals surface area contributed by atoms with Gasteiger partial charge in [-0.1, -0.05) is 48.6 Å². The highest BCUT2D eigenvalue weighted by Crippen LogP contribution is 2.23. The molecule has 0 atom stereocenters. The summed E-state index contributed by atoms with van der Waals surface area (Å²) in [6.45, 7) is 0.693. The molecule has 0 saturated carbocycles. The van der Waals surface area contributed by atoms with Crippen LogP contribution < -0.4 is 5.48 Å². The number of hydroxylamine groups is 1. The molecule has 20 heavy (non-hydrogen) atoms. The maximum absolute atomic E-state index is 10.1. The Morgan fingerprint density at radius 1 is 1.20 bits per heavy atom. The molecule has 2 rings (SSSR count). The number of hydrogen-bond donors (Lipinski definition) is 2. The van der Waals surface area contributed by atoms with Crippen molar-refractivity contribution in [1.29, 1.82) is 0 Å². The topological polar surface area (TPSA) is 41.5 Å². The molecule has 0 radical (unpaired) electrons. The summed E-state index contributed by atoms with van der Waals surface area (Å²) in [6, 6.07) is 15.3. The van der Waals surface area contributed by atoms with Crippen LogP contribution in [0.15, 0.2) is 48.5 Å². The molecular weight excluding hydrogens is 270 g/mol. The first-order valence-electron chi connectivity index (χ1n) is 6.40. The van der Waals surface area contributed by atoms with E-state index >= 15 is 0 Å². The fourth-order valence-electron chi connectivity index (χ4n) is 1.97. The highest BCUT2D eigenvalue weighted by Gasteiger charge is 2.09. The van der Waals surface area contributed by atoms with E-state index in [4.69, 9.17) is 17.1 Å². The minimum atomic E-state index is 0.216. The average Bonchev–Trinajstić information content (AvgIpc) is 2.48. The summed E-state index contributed by atoms with van der Waals surface area (Å²) in [5.41, 5.74) is 5.43. The summed E-state index contributed by atoms with van der Waals surface area (Å²) in [6.07, 6.45) is 0.778. The SMILES string of the molecule is CONCCc1ccc(C(=S)c2ccccc2)c(O)c1. The maximum atomic E-state index is 10.1. The quantitative estimate of drug-likeness (QED) is 0.371. The highest BCUT2D eigenvalue weighted by atomic mass is 32.1. The molecule has 0 saturated heterocycles. The fraction of sp³-hybridized carbons (Fsp3) is 0.188. The zero-order valence-corrected chi connectivity index (χ0v) is 12.1. The van der Waals surface area contributed by atoms with Gasteiger partial charge in [-0.25, -0.2) is 5.48 Å². The van der Waals surface area contributed by atoms with Crippen molar-refractivity contribution in [1.82, 2.24) is 5.48 Å². The Kier molecular flexibility index (Phi) is 5.24. The van der Waals surface area contributed by atoms with Crippen molar-refractivity contribution in [2.45, 2.75) is 6.42 Å². The Hall–Kier alpha value is -1.75. The Balaban J connectivity index is 2.15. The number of phenols is 1. The fourth-order valence-corrected chi connectivity index (χ4v) is 2.28. The molecule has 0 bridgehead atoms. The molecule has 0 aromatic heterocycles. The first kappa shape index (κ1) is 14.7. The van der Waals surface area contributed by atoms with Crippen molar-refractivity contribution in [3.8, 4) is 5.75 Å². The van der Waals surface area contributed by atoms with Gasteiger partial charge in [0.15, 0.2) is 0 Å². The third-order valence-electron chi connectivity index (χ3n) is 3.00. The molecule has 3 nitrogen and oxygen atoms in total. The number of hydrogen-bond acceptors (Lipinski definition) is 4. The molecule has 4 heteroatoms. The van der Waals surface area contributed by atoms with Gasteiger partial charge >= 0.3 is 0 Å². The Labute approximate surface area is 124 Å². The van der Waals surface area contributed by atoms with Crippen molar-refractivity contribution in [2.75, 3.05) is 13.7 Å². The minimum Gasteiger partial charge on any atom is -0.507 e. The third kappa shape index (κ3) is 3.63. The van der Waals surface area contributed by atoms with Crippen molar-refractivity contribution in [3.05, 3.63) is 65.2 Å². The van der Waals surface area contributed by atoms with Crippen LogP contribution in [0.25, 0.3) is 0 Å². The molecule has 0 aliphatic heterocycles. The summed E-state index contributed by atoms with van der Waals surface area (Å²) in [7, 11) is 1.58. The van der Waals surface area contributed by atoms with Gasteiger partial charge in [-0.3, -0.25) is 0 Å². The average molecular weight is 287 g/mol. The van der Waals surface area contributed by atoms with Gasteiger partial charge in [0.05, 0.1) is 12.0 Å². The van der Waals surface area contributed by atoms with Crippen LogP contribution >= 0.6 is 12.2 Å². The van der Waals surface area contributed by atoms with E-state index in [0.717, 1.165) is 17.5 Å². The first-order valence-corrected chi connectivity index (χ1v) is 6.80. The second kappa shape index (κ2) is 7.14. The predicted octanol–water partition coefficient (Wildman–Crippen LogP) is 2.85. The summed E-state index contributed by atoms with van der Waals surface area (Å²) in [5, 5.41) is 10.1. The van der Waals surface area contributed by atoms with Gasteiger partial charge in [0.2, 0.25) is 0 Å². The van der Waals surface area contributed by atoms with Crippen molar-refractivity contribution in [2.24, 2.45) is 0 Å². The number of aromatic hydroxyl groups is 1. The molecule has 2 aromatic carbocycles. The number of thiocarbonyl (C=S) groups is 1. The van der Waals surface area contributed by atoms with Crippen LogP contribution in [0.3, 0.4) is 0 Å². The highest BCUT2D eigenvalue weighted by molar-refractivity contribution is 7.81. The Bertz CT molecular complexity index is 584. The predicted molar refractivity (Wildman–Crippen MR) is 84.1 cm³/mol. The second-order valence-corrected chi connectivity index (χ2v) is 4.80. The second-order valence-electron chi connectivity index (χ2n) is 4.40. The van der Waals surface area contributed by atoms with Gasteiger partial charge in [0, 0.05) is 12.1 Å². The van der Waals surface area contributed by atoms with E-state index in [-0.39, 0.29) is 5.75 Å². The lowest BCUT2D eigenvalue weighted by Gasteiger charge is -2.09. The Morgan fingerprint density at radius 3 is 2.60 bits per heavy atom. The molecule has 104 valence electrons. The van der Waals surface area contributed by atoms with E-state index in [2.05, 4.69) is 5.48 Å². The monoisotopic (exact) mass is 287 g/mol. The van der Waals surface area contributed by atoms with Crippen molar-refractivity contribution in [3.63, 3.8) is 0 Å². The molecule has 0 fully saturated rings. The van der Waals surface area contributed by atoms with Gasteiger partial charge < -0.3 is 9.94 Å². The standard InChI is InChI=1S/C16H17NO2S/c1-19-17-10-9-12-7-8-14(15(18)11-12)16(20)13-5-3-2-4-6-13/h2-8,11,17-18H,9-10H2,1H3. The van der Waals surface area contributed by atoms with Gasteiger partial charge in [-0.05, 0) is 29.7 Å². The molecule has 0 aliphatic carbocycles. The van der Waals surface area contributed by atoms with Gasteiger partial charge in [-0.15, -0.1) is 0 Å². The normalized spacial score (nSPS) is 10.4. The molecular formula is C16H17NO2S. The molecule has 0 aliphatic rings. The number of benzene rings is 2. The van der Waals surface area contributed by atoms with E-state index in [1.807, 2.05) is 42.5 Å². The third-order valence-corrected chi connectivity index (χ3v) is 3.46. The molecule has 0 amide bonds. The van der Waals surface area contributed by atoms with Gasteiger partial charge in [0.25, 0.3) is 0 Å². The van der Waals surface area contributed by atoms with Crippen molar-refractivity contribution < 1.29 is 9.94 Å².